The molecule has 0 aliphatic carbocycles. The SMILES string of the molecule is Cc1ccc(-c2cnc(CCC(=O)N3CCN(CC(=O)Nc4cccc(F)c4)CC3)o2)cc1. The first-order valence-corrected chi connectivity index (χ1v) is 11.0. The van der Waals surface area contributed by atoms with Crippen LogP contribution in [-0.4, -0.2) is 59.3 Å². The van der Waals surface area contributed by atoms with Gasteiger partial charge in [-0.15, -0.1) is 0 Å². The zero-order chi connectivity index (χ0) is 23.2. The number of nitrogens with one attached hydrogen (secondary N) is 1. The Morgan fingerprint density at radius 3 is 2.58 bits per heavy atom. The van der Waals surface area contributed by atoms with Crippen LogP contribution in [0.3, 0.4) is 0 Å². The molecule has 0 unspecified atom stereocenters. The summed E-state index contributed by atoms with van der Waals surface area (Å²) in [6.45, 7) is 4.58. The maximum absolute atomic E-state index is 13.2. The summed E-state index contributed by atoms with van der Waals surface area (Å²) in [5.41, 5.74) is 2.57. The molecule has 2 amide bonds. The minimum absolute atomic E-state index is 0.0500. The van der Waals surface area contributed by atoms with Crippen LogP contribution in [0, 0.1) is 12.7 Å². The highest BCUT2D eigenvalue weighted by Gasteiger charge is 2.22. The van der Waals surface area contributed by atoms with Crippen molar-refractivity contribution in [1.29, 1.82) is 0 Å². The third-order valence-corrected chi connectivity index (χ3v) is 5.64. The number of hydrogen-bond donors (Lipinski definition) is 1. The van der Waals surface area contributed by atoms with Gasteiger partial charge < -0.3 is 14.6 Å². The minimum Gasteiger partial charge on any atom is -0.441 e. The standard InChI is InChI=1S/C25H27FN4O3/c1-18-5-7-19(8-6-18)22-16-27-24(33-22)9-10-25(32)30-13-11-29(12-14-30)17-23(31)28-21-4-2-3-20(26)15-21/h2-8,15-16H,9-14,17H2,1H3,(H,28,31). The molecule has 1 aliphatic heterocycles. The molecule has 33 heavy (non-hydrogen) atoms. The average molecular weight is 451 g/mol. The van der Waals surface area contributed by atoms with E-state index in [-0.39, 0.29) is 18.4 Å². The third-order valence-electron chi connectivity index (χ3n) is 5.64. The van der Waals surface area contributed by atoms with E-state index in [0.717, 1.165) is 5.56 Å². The molecule has 8 heteroatoms. The van der Waals surface area contributed by atoms with E-state index in [0.29, 0.717) is 56.4 Å². The third kappa shape index (κ3) is 6.26. The summed E-state index contributed by atoms with van der Waals surface area (Å²) in [6, 6.07) is 13.8. The highest BCUT2D eigenvalue weighted by atomic mass is 19.1. The number of piperazine rings is 1. The summed E-state index contributed by atoms with van der Waals surface area (Å²) >= 11 is 0. The van der Waals surface area contributed by atoms with Gasteiger partial charge in [0.1, 0.15) is 5.82 Å². The number of amides is 2. The summed E-state index contributed by atoms with van der Waals surface area (Å²) in [7, 11) is 0. The second kappa shape index (κ2) is 10.4. The van der Waals surface area contributed by atoms with E-state index in [1.54, 1.807) is 18.3 Å². The maximum Gasteiger partial charge on any atom is 0.238 e. The number of anilines is 1. The second-order valence-electron chi connectivity index (χ2n) is 8.20. The monoisotopic (exact) mass is 450 g/mol. The molecule has 1 fully saturated rings. The van der Waals surface area contributed by atoms with E-state index in [2.05, 4.69) is 10.3 Å². The Kier molecular flexibility index (Phi) is 7.14. The van der Waals surface area contributed by atoms with Crippen molar-refractivity contribution in [3.8, 4) is 11.3 Å². The first-order valence-electron chi connectivity index (χ1n) is 11.0. The smallest absolute Gasteiger partial charge is 0.238 e. The van der Waals surface area contributed by atoms with E-state index in [4.69, 9.17) is 4.42 Å². The summed E-state index contributed by atoms with van der Waals surface area (Å²) in [4.78, 5) is 32.9. The van der Waals surface area contributed by atoms with Crippen molar-refractivity contribution in [1.82, 2.24) is 14.8 Å². The largest absolute Gasteiger partial charge is 0.441 e. The van der Waals surface area contributed by atoms with Crippen molar-refractivity contribution >= 4 is 17.5 Å². The van der Waals surface area contributed by atoms with Crippen LogP contribution in [0.1, 0.15) is 17.9 Å². The van der Waals surface area contributed by atoms with E-state index in [1.165, 1.54) is 17.7 Å². The molecule has 7 nitrogen and oxygen atoms in total. The number of carbonyl (C=O) groups excluding carboxylic acids is 2. The number of aryl methyl sites for hydroxylation is 2. The summed E-state index contributed by atoms with van der Waals surface area (Å²) < 4.78 is 19.1. The van der Waals surface area contributed by atoms with Gasteiger partial charge >= 0.3 is 0 Å². The fourth-order valence-electron chi connectivity index (χ4n) is 3.77. The molecule has 172 valence electrons. The van der Waals surface area contributed by atoms with Gasteiger partial charge in [-0.1, -0.05) is 35.9 Å². The first kappa shape index (κ1) is 22.7. The molecule has 3 aromatic rings. The van der Waals surface area contributed by atoms with Crippen LogP contribution >= 0.6 is 0 Å². The van der Waals surface area contributed by atoms with Crippen LogP contribution in [-0.2, 0) is 16.0 Å². The number of benzene rings is 2. The molecule has 1 aliphatic rings. The Morgan fingerprint density at radius 1 is 1.09 bits per heavy atom. The topological polar surface area (TPSA) is 78.7 Å². The molecule has 2 heterocycles. The molecule has 0 atom stereocenters. The van der Waals surface area contributed by atoms with Crippen molar-refractivity contribution in [3.05, 3.63) is 72.0 Å². The van der Waals surface area contributed by atoms with Gasteiger partial charge in [0.05, 0.1) is 12.7 Å². The minimum atomic E-state index is -0.393. The number of aromatic nitrogens is 1. The molecule has 0 bridgehead atoms. The lowest BCUT2D eigenvalue weighted by molar-refractivity contribution is -0.133. The van der Waals surface area contributed by atoms with Crippen LogP contribution in [0.25, 0.3) is 11.3 Å². The van der Waals surface area contributed by atoms with Crippen molar-refractivity contribution in [2.24, 2.45) is 0 Å². The van der Waals surface area contributed by atoms with Crippen LogP contribution < -0.4 is 5.32 Å². The maximum atomic E-state index is 13.2. The van der Waals surface area contributed by atoms with E-state index < -0.39 is 5.82 Å². The van der Waals surface area contributed by atoms with Crippen LogP contribution in [0.15, 0.2) is 59.1 Å². The fraction of sp³-hybridized carbons (Fsp3) is 0.320. The molecule has 1 aromatic heterocycles. The number of nitrogens with zero attached hydrogens (tertiary/aromatic N) is 3. The fourth-order valence-corrected chi connectivity index (χ4v) is 3.77. The van der Waals surface area contributed by atoms with Gasteiger partial charge in [-0.2, -0.15) is 0 Å². The van der Waals surface area contributed by atoms with Gasteiger partial charge in [0.2, 0.25) is 11.8 Å². The number of hydrogen-bond acceptors (Lipinski definition) is 5. The number of halogens is 1. The van der Waals surface area contributed by atoms with Crippen molar-refractivity contribution in [3.63, 3.8) is 0 Å². The van der Waals surface area contributed by atoms with Crippen LogP contribution in [0.2, 0.25) is 0 Å². The lowest BCUT2D eigenvalue weighted by Crippen LogP contribution is -2.50. The predicted octanol–water partition coefficient (Wildman–Crippen LogP) is 3.50. The molecule has 2 aromatic carbocycles. The van der Waals surface area contributed by atoms with Gasteiger partial charge in [0.15, 0.2) is 11.7 Å². The first-order chi connectivity index (χ1) is 16.0. The Hall–Kier alpha value is -3.52. The quantitative estimate of drug-likeness (QED) is 0.596. The summed E-state index contributed by atoms with van der Waals surface area (Å²) in [5.74, 6) is 0.702. The lowest BCUT2D eigenvalue weighted by atomic mass is 10.1. The number of oxazole rings is 1. The molecule has 0 saturated carbocycles. The Labute approximate surface area is 192 Å². The zero-order valence-corrected chi connectivity index (χ0v) is 18.6. The van der Waals surface area contributed by atoms with E-state index in [9.17, 15) is 14.0 Å². The number of carbonyl (C=O) groups is 2. The molecule has 1 N–H and O–H groups in total. The zero-order valence-electron chi connectivity index (χ0n) is 18.6. The molecular formula is C25H27FN4O3. The van der Waals surface area contributed by atoms with Gasteiger partial charge in [-0.25, -0.2) is 9.37 Å². The molecular weight excluding hydrogens is 423 g/mol. The Bertz CT molecular complexity index is 1100. The van der Waals surface area contributed by atoms with Crippen molar-refractivity contribution in [2.75, 3.05) is 38.0 Å². The highest BCUT2D eigenvalue weighted by molar-refractivity contribution is 5.92. The van der Waals surface area contributed by atoms with Gasteiger partial charge in [0, 0.05) is 50.3 Å². The van der Waals surface area contributed by atoms with Gasteiger partial charge in [-0.3, -0.25) is 14.5 Å². The molecule has 1 saturated heterocycles. The van der Waals surface area contributed by atoms with Crippen LogP contribution in [0.5, 0.6) is 0 Å². The van der Waals surface area contributed by atoms with Gasteiger partial charge in [-0.05, 0) is 25.1 Å². The normalized spacial score (nSPS) is 14.3. The summed E-state index contributed by atoms with van der Waals surface area (Å²) in [5, 5.41) is 2.70. The molecule has 0 spiro atoms. The predicted molar refractivity (Wildman–Crippen MR) is 123 cm³/mol. The Morgan fingerprint density at radius 2 is 1.85 bits per heavy atom. The van der Waals surface area contributed by atoms with E-state index >= 15 is 0 Å². The highest BCUT2D eigenvalue weighted by Crippen LogP contribution is 2.21. The second-order valence-corrected chi connectivity index (χ2v) is 8.20. The van der Waals surface area contributed by atoms with Crippen molar-refractivity contribution in [2.45, 2.75) is 19.8 Å². The van der Waals surface area contributed by atoms with Gasteiger partial charge in [0.25, 0.3) is 0 Å². The van der Waals surface area contributed by atoms with E-state index in [1.807, 2.05) is 41.0 Å². The number of rotatable bonds is 7. The van der Waals surface area contributed by atoms with Crippen molar-refractivity contribution < 1.29 is 18.4 Å². The van der Waals surface area contributed by atoms with Crippen LogP contribution in [0.4, 0.5) is 10.1 Å². The Balaban J connectivity index is 1.19. The summed E-state index contributed by atoms with van der Waals surface area (Å²) in [6.07, 6.45) is 2.47. The molecule has 0 radical (unpaired) electrons. The average Bonchev–Trinajstić information content (AvgIpc) is 3.27. The molecule has 4 rings (SSSR count). The lowest BCUT2D eigenvalue weighted by Gasteiger charge is -2.34.